The zero-order chi connectivity index (χ0) is 17.1. The summed E-state index contributed by atoms with van der Waals surface area (Å²) >= 11 is 0. The number of aromatic nitrogens is 2. The van der Waals surface area contributed by atoms with Crippen molar-refractivity contribution in [1.29, 1.82) is 0 Å². The molecule has 138 valence electrons. The lowest BCUT2D eigenvalue weighted by Gasteiger charge is -2.40. The van der Waals surface area contributed by atoms with Crippen LogP contribution in [-0.4, -0.2) is 80.1 Å². The molecule has 0 aromatic carbocycles. The topological polar surface area (TPSA) is 60.0 Å². The van der Waals surface area contributed by atoms with Gasteiger partial charge in [-0.3, -0.25) is 4.90 Å². The molecule has 4 rings (SSSR count). The van der Waals surface area contributed by atoms with Gasteiger partial charge in [0.1, 0.15) is 12.1 Å². The van der Waals surface area contributed by atoms with Gasteiger partial charge in [0.05, 0.1) is 32.5 Å². The molecule has 4 heterocycles. The second-order valence-electron chi connectivity index (χ2n) is 7.42. The summed E-state index contributed by atoms with van der Waals surface area (Å²) in [6.07, 6.45) is 5.00. The van der Waals surface area contributed by atoms with Gasteiger partial charge in [0.15, 0.2) is 0 Å². The molecule has 3 fully saturated rings. The fraction of sp³-hybridized carbons (Fsp3) is 0.778. The van der Waals surface area contributed by atoms with Crippen molar-refractivity contribution >= 4 is 5.82 Å². The number of nitrogens with zero attached hydrogens (tertiary/aromatic N) is 4. The highest BCUT2D eigenvalue weighted by Crippen LogP contribution is 2.39. The highest BCUT2D eigenvalue weighted by atomic mass is 16.5. The lowest BCUT2D eigenvalue weighted by Crippen LogP contribution is -2.48. The summed E-state index contributed by atoms with van der Waals surface area (Å²) in [5.41, 5.74) is -0.0204. The lowest BCUT2D eigenvalue weighted by molar-refractivity contribution is -0.00820. The van der Waals surface area contributed by atoms with Crippen LogP contribution >= 0.6 is 0 Å². The predicted octanol–water partition coefficient (Wildman–Crippen LogP) is 1.19. The average molecular weight is 348 g/mol. The van der Waals surface area contributed by atoms with Crippen LogP contribution in [-0.2, 0) is 9.47 Å². The third kappa shape index (κ3) is 3.88. The average Bonchev–Trinajstić information content (AvgIpc) is 3.04. The molecule has 0 unspecified atom stereocenters. The monoisotopic (exact) mass is 348 g/mol. The highest BCUT2D eigenvalue weighted by molar-refractivity contribution is 5.42. The van der Waals surface area contributed by atoms with Crippen molar-refractivity contribution in [2.24, 2.45) is 5.92 Å². The molecular weight excluding hydrogens is 320 g/mol. The highest BCUT2D eigenvalue weighted by Gasteiger charge is 2.44. The van der Waals surface area contributed by atoms with E-state index < -0.39 is 0 Å². The van der Waals surface area contributed by atoms with Crippen molar-refractivity contribution in [3.63, 3.8) is 0 Å². The normalized spacial score (nSPS) is 30.8. The second-order valence-corrected chi connectivity index (χ2v) is 7.42. The Bertz CT molecular complexity index is 581. The SMILES string of the molecule is COc1cc(N2CCC[C@@]3(C[C@H](CN4CCOCC4)CO3)C2)ncn1. The van der Waals surface area contributed by atoms with Crippen molar-refractivity contribution in [2.45, 2.75) is 24.9 Å². The zero-order valence-corrected chi connectivity index (χ0v) is 15.0. The van der Waals surface area contributed by atoms with Crippen LogP contribution in [0.3, 0.4) is 0 Å². The van der Waals surface area contributed by atoms with Gasteiger partial charge >= 0.3 is 0 Å². The van der Waals surface area contributed by atoms with Crippen molar-refractivity contribution in [3.05, 3.63) is 12.4 Å². The Balaban J connectivity index is 1.38. The van der Waals surface area contributed by atoms with Gasteiger partial charge in [-0.2, -0.15) is 0 Å². The standard InChI is InChI=1S/C18H28N4O3/c1-23-17-9-16(19-14-20-17)22-4-2-3-18(13-22)10-15(12-25-18)11-21-5-7-24-8-6-21/h9,14-15H,2-8,10-13H2,1H3/t15-,18-/m1/s1. The van der Waals surface area contributed by atoms with Crippen LogP contribution in [0.2, 0.25) is 0 Å². The zero-order valence-electron chi connectivity index (χ0n) is 15.0. The molecule has 0 bridgehead atoms. The first-order valence-corrected chi connectivity index (χ1v) is 9.31. The molecule has 1 spiro atoms. The summed E-state index contributed by atoms with van der Waals surface area (Å²) in [7, 11) is 1.64. The number of hydrogen-bond acceptors (Lipinski definition) is 7. The Morgan fingerprint density at radius 3 is 3.00 bits per heavy atom. The summed E-state index contributed by atoms with van der Waals surface area (Å²) in [6.45, 7) is 7.76. The third-order valence-electron chi connectivity index (χ3n) is 5.61. The van der Waals surface area contributed by atoms with Gasteiger partial charge < -0.3 is 19.1 Å². The summed E-state index contributed by atoms with van der Waals surface area (Å²) in [6, 6.07) is 1.92. The van der Waals surface area contributed by atoms with E-state index in [4.69, 9.17) is 14.2 Å². The molecule has 7 heteroatoms. The minimum absolute atomic E-state index is 0.0204. The molecular formula is C18H28N4O3. The van der Waals surface area contributed by atoms with Crippen LogP contribution in [0.15, 0.2) is 12.4 Å². The first-order chi connectivity index (χ1) is 12.3. The quantitative estimate of drug-likeness (QED) is 0.810. The van der Waals surface area contributed by atoms with Gasteiger partial charge in [0.25, 0.3) is 0 Å². The molecule has 3 aliphatic heterocycles. The van der Waals surface area contributed by atoms with Crippen molar-refractivity contribution in [2.75, 3.05) is 64.6 Å². The predicted molar refractivity (Wildman–Crippen MR) is 94.1 cm³/mol. The molecule has 0 N–H and O–H groups in total. The maximum atomic E-state index is 6.37. The summed E-state index contributed by atoms with van der Waals surface area (Å²) in [5, 5.41) is 0. The smallest absolute Gasteiger partial charge is 0.218 e. The van der Waals surface area contributed by atoms with Crippen molar-refractivity contribution in [3.8, 4) is 5.88 Å². The summed E-state index contributed by atoms with van der Waals surface area (Å²) in [4.78, 5) is 13.4. The molecule has 3 aliphatic rings. The van der Waals surface area contributed by atoms with Gasteiger partial charge in [0.2, 0.25) is 5.88 Å². The Hall–Kier alpha value is -1.44. The molecule has 0 aliphatic carbocycles. The lowest BCUT2D eigenvalue weighted by atomic mass is 9.86. The molecule has 0 saturated carbocycles. The number of morpholine rings is 1. The van der Waals surface area contributed by atoms with E-state index in [0.717, 1.165) is 77.6 Å². The Morgan fingerprint density at radius 2 is 2.16 bits per heavy atom. The van der Waals surface area contributed by atoms with Crippen molar-refractivity contribution in [1.82, 2.24) is 14.9 Å². The van der Waals surface area contributed by atoms with E-state index in [1.807, 2.05) is 6.07 Å². The van der Waals surface area contributed by atoms with E-state index in [0.29, 0.717) is 11.8 Å². The van der Waals surface area contributed by atoms with E-state index in [1.54, 1.807) is 13.4 Å². The number of ether oxygens (including phenoxy) is 3. The van der Waals surface area contributed by atoms with Crippen LogP contribution < -0.4 is 9.64 Å². The van der Waals surface area contributed by atoms with E-state index in [1.165, 1.54) is 0 Å². The first-order valence-electron chi connectivity index (χ1n) is 9.31. The van der Waals surface area contributed by atoms with E-state index in [-0.39, 0.29) is 5.60 Å². The molecule has 2 atom stereocenters. The van der Waals surface area contributed by atoms with Gasteiger partial charge in [-0.05, 0) is 25.2 Å². The summed E-state index contributed by atoms with van der Waals surface area (Å²) < 4.78 is 17.1. The molecule has 7 nitrogen and oxygen atoms in total. The number of methoxy groups -OCH3 is 1. The molecule has 1 aromatic rings. The van der Waals surface area contributed by atoms with Crippen LogP contribution in [0.1, 0.15) is 19.3 Å². The van der Waals surface area contributed by atoms with E-state index in [9.17, 15) is 0 Å². The minimum Gasteiger partial charge on any atom is -0.481 e. The first kappa shape index (κ1) is 17.0. The Labute approximate surface area is 149 Å². The van der Waals surface area contributed by atoms with Crippen LogP contribution in [0.25, 0.3) is 0 Å². The van der Waals surface area contributed by atoms with Gasteiger partial charge in [0, 0.05) is 38.8 Å². The molecule has 0 radical (unpaired) electrons. The fourth-order valence-electron chi connectivity index (χ4n) is 4.40. The van der Waals surface area contributed by atoms with Gasteiger partial charge in [-0.1, -0.05) is 0 Å². The number of hydrogen-bond donors (Lipinski definition) is 0. The van der Waals surface area contributed by atoms with Crippen molar-refractivity contribution < 1.29 is 14.2 Å². The molecule has 25 heavy (non-hydrogen) atoms. The van der Waals surface area contributed by atoms with Crippen LogP contribution in [0, 0.1) is 5.92 Å². The van der Waals surface area contributed by atoms with Gasteiger partial charge in [-0.25, -0.2) is 9.97 Å². The maximum Gasteiger partial charge on any atom is 0.218 e. The molecule has 1 aromatic heterocycles. The van der Waals surface area contributed by atoms with Gasteiger partial charge in [-0.15, -0.1) is 0 Å². The largest absolute Gasteiger partial charge is 0.481 e. The number of anilines is 1. The fourth-order valence-corrected chi connectivity index (χ4v) is 4.40. The number of rotatable bonds is 4. The van der Waals surface area contributed by atoms with Crippen LogP contribution in [0.5, 0.6) is 5.88 Å². The van der Waals surface area contributed by atoms with E-state index >= 15 is 0 Å². The Morgan fingerprint density at radius 1 is 1.28 bits per heavy atom. The van der Waals surface area contributed by atoms with E-state index in [2.05, 4.69) is 19.8 Å². The molecule has 0 amide bonds. The molecule has 3 saturated heterocycles. The Kier molecular flexibility index (Phi) is 5.05. The third-order valence-corrected chi connectivity index (χ3v) is 5.61. The summed E-state index contributed by atoms with van der Waals surface area (Å²) in [5.74, 6) is 2.17. The maximum absolute atomic E-state index is 6.37. The second kappa shape index (κ2) is 7.43. The number of piperidine rings is 1. The van der Waals surface area contributed by atoms with Crippen LogP contribution in [0.4, 0.5) is 5.82 Å². The minimum atomic E-state index is -0.0204.